The number of nitrogens with zero attached hydrogens (tertiary/aromatic N) is 2. The van der Waals surface area contributed by atoms with Gasteiger partial charge in [-0.1, -0.05) is 32.9 Å². The molecule has 184 valence electrons. The second kappa shape index (κ2) is 12.0. The summed E-state index contributed by atoms with van der Waals surface area (Å²) in [6, 6.07) is 7.04. The fourth-order valence-corrected chi connectivity index (χ4v) is 4.81. The first kappa shape index (κ1) is 28.4. The molecule has 0 heterocycles. The third kappa shape index (κ3) is 8.71. The van der Waals surface area contributed by atoms with E-state index in [2.05, 4.69) is 4.90 Å². The maximum Gasteiger partial charge on any atom is 0.314 e. The maximum absolute atomic E-state index is 12.3. The van der Waals surface area contributed by atoms with E-state index < -0.39 is 31.1 Å². The first-order valence-corrected chi connectivity index (χ1v) is 15.1. The molecule has 0 radical (unpaired) electrons. The summed E-state index contributed by atoms with van der Waals surface area (Å²) in [4.78, 5) is 16.2. The summed E-state index contributed by atoms with van der Waals surface area (Å²) in [5.41, 5.74) is 0.334. The minimum Gasteiger partial charge on any atom is -0.481 e. The Morgan fingerprint density at radius 2 is 1.34 bits per heavy atom. The van der Waals surface area contributed by atoms with Gasteiger partial charge in [-0.15, -0.1) is 0 Å². The van der Waals surface area contributed by atoms with E-state index in [-0.39, 0.29) is 24.6 Å². The lowest BCUT2D eigenvalue weighted by molar-refractivity contribution is -0.144. The summed E-state index contributed by atoms with van der Waals surface area (Å²) in [5, 5.41) is 10.1. The van der Waals surface area contributed by atoms with Crippen LogP contribution in [0.3, 0.4) is 0 Å². The monoisotopic (exact) mass is 490 g/mol. The van der Waals surface area contributed by atoms with Crippen molar-refractivity contribution >= 4 is 31.3 Å². The Kier molecular flexibility index (Phi) is 10.6. The zero-order valence-electron chi connectivity index (χ0n) is 19.9. The average Bonchev–Trinajstić information content (AvgIpc) is 2.70. The number of sulfone groups is 2. The van der Waals surface area contributed by atoms with Crippen LogP contribution in [0.25, 0.3) is 0 Å². The SMILES string of the molecule is CCN(CC)CCC(CC)(C(=O)O)c1ccc(N(CCS(C)(=O)=O)CCS(C)(=O)=O)cc1. The largest absolute Gasteiger partial charge is 0.481 e. The molecule has 0 aromatic heterocycles. The van der Waals surface area contributed by atoms with Crippen molar-refractivity contribution in [3.8, 4) is 0 Å². The number of carbonyl (C=O) groups is 1. The van der Waals surface area contributed by atoms with E-state index >= 15 is 0 Å². The van der Waals surface area contributed by atoms with E-state index in [0.717, 1.165) is 25.6 Å². The van der Waals surface area contributed by atoms with Crippen molar-refractivity contribution in [2.24, 2.45) is 0 Å². The number of benzene rings is 1. The molecular weight excluding hydrogens is 452 g/mol. The van der Waals surface area contributed by atoms with Crippen LogP contribution in [0.5, 0.6) is 0 Å². The first-order chi connectivity index (χ1) is 14.8. The van der Waals surface area contributed by atoms with Crippen LogP contribution >= 0.6 is 0 Å². The Hall–Kier alpha value is -1.65. The number of anilines is 1. The Labute approximate surface area is 193 Å². The summed E-state index contributed by atoms with van der Waals surface area (Å²) < 4.78 is 46.5. The molecule has 0 bridgehead atoms. The van der Waals surface area contributed by atoms with Gasteiger partial charge in [0.2, 0.25) is 0 Å². The number of aliphatic carboxylic acids is 1. The van der Waals surface area contributed by atoms with Gasteiger partial charge in [0.15, 0.2) is 0 Å². The number of carboxylic acid groups (broad SMARTS) is 1. The fourth-order valence-electron chi connectivity index (χ4n) is 3.71. The molecule has 1 rings (SSSR count). The van der Waals surface area contributed by atoms with Crippen molar-refractivity contribution < 1.29 is 26.7 Å². The van der Waals surface area contributed by atoms with Crippen LogP contribution in [-0.4, -0.2) is 89.6 Å². The molecule has 0 amide bonds. The first-order valence-electron chi connectivity index (χ1n) is 10.9. The van der Waals surface area contributed by atoms with Crippen molar-refractivity contribution in [2.75, 3.05) is 61.6 Å². The molecule has 0 saturated carbocycles. The van der Waals surface area contributed by atoms with Gasteiger partial charge in [-0.3, -0.25) is 4.79 Å². The molecular formula is C22H38N2O6S2. The number of hydrogen-bond acceptors (Lipinski definition) is 7. The van der Waals surface area contributed by atoms with Gasteiger partial charge in [-0.05, 0) is 50.2 Å². The standard InChI is InChI=1S/C22H38N2O6S2/c1-6-22(21(25)26,13-14-23(7-2)8-3)19-9-11-20(12-10-19)24(15-17-31(4,27)28)16-18-32(5,29)30/h9-12H,6-8,13-18H2,1-5H3,(H,25,26). The van der Waals surface area contributed by atoms with E-state index in [4.69, 9.17) is 0 Å². The van der Waals surface area contributed by atoms with E-state index in [1.807, 2.05) is 20.8 Å². The zero-order chi connectivity index (χ0) is 24.6. The van der Waals surface area contributed by atoms with Crippen LogP contribution in [0.2, 0.25) is 0 Å². The van der Waals surface area contributed by atoms with Gasteiger partial charge < -0.3 is 14.9 Å². The van der Waals surface area contributed by atoms with Crippen LogP contribution < -0.4 is 4.90 Å². The summed E-state index contributed by atoms with van der Waals surface area (Å²) in [6.45, 7) is 8.66. The second-order valence-corrected chi connectivity index (χ2v) is 12.8. The minimum atomic E-state index is -3.22. The molecule has 0 spiro atoms. The predicted octanol–water partition coefficient (Wildman–Crippen LogP) is 2.05. The summed E-state index contributed by atoms with van der Waals surface area (Å²) in [6.07, 6.45) is 3.20. The molecule has 8 nitrogen and oxygen atoms in total. The Morgan fingerprint density at radius 3 is 1.69 bits per heavy atom. The lowest BCUT2D eigenvalue weighted by atomic mass is 9.75. The number of hydrogen-bond donors (Lipinski definition) is 1. The van der Waals surface area contributed by atoms with E-state index in [0.29, 0.717) is 30.6 Å². The Balaban J connectivity index is 3.22. The van der Waals surface area contributed by atoms with E-state index in [9.17, 15) is 26.7 Å². The fraction of sp³-hybridized carbons (Fsp3) is 0.682. The molecule has 0 aliphatic carbocycles. The van der Waals surface area contributed by atoms with Crippen molar-refractivity contribution in [2.45, 2.75) is 39.0 Å². The lowest BCUT2D eigenvalue weighted by Gasteiger charge is -2.32. The van der Waals surface area contributed by atoms with Gasteiger partial charge in [-0.25, -0.2) is 16.8 Å². The van der Waals surface area contributed by atoms with E-state index in [1.54, 1.807) is 29.2 Å². The van der Waals surface area contributed by atoms with Crippen molar-refractivity contribution in [1.29, 1.82) is 0 Å². The smallest absolute Gasteiger partial charge is 0.314 e. The number of rotatable bonds is 15. The van der Waals surface area contributed by atoms with Gasteiger partial charge in [0.05, 0.1) is 16.9 Å². The Bertz CT molecular complexity index is 905. The highest BCUT2D eigenvalue weighted by atomic mass is 32.2. The van der Waals surface area contributed by atoms with Crippen LogP contribution in [-0.2, 0) is 29.9 Å². The minimum absolute atomic E-state index is 0.101. The summed E-state index contributed by atoms with van der Waals surface area (Å²) >= 11 is 0. The van der Waals surface area contributed by atoms with Crippen LogP contribution in [0.15, 0.2) is 24.3 Å². The molecule has 0 aliphatic rings. The lowest BCUT2D eigenvalue weighted by Crippen LogP contribution is -2.39. The van der Waals surface area contributed by atoms with Gasteiger partial charge in [0.1, 0.15) is 19.7 Å². The third-order valence-corrected chi connectivity index (χ3v) is 7.86. The third-order valence-electron chi connectivity index (χ3n) is 6.01. The maximum atomic E-state index is 12.3. The highest BCUT2D eigenvalue weighted by Gasteiger charge is 2.38. The average molecular weight is 491 g/mol. The molecule has 1 atom stereocenters. The Morgan fingerprint density at radius 1 is 0.875 bits per heavy atom. The molecule has 1 aromatic rings. The van der Waals surface area contributed by atoms with Crippen molar-refractivity contribution in [1.82, 2.24) is 4.90 Å². The predicted molar refractivity (Wildman–Crippen MR) is 130 cm³/mol. The summed E-state index contributed by atoms with van der Waals surface area (Å²) in [5.74, 6) is -1.07. The zero-order valence-corrected chi connectivity index (χ0v) is 21.5. The molecule has 1 aromatic carbocycles. The van der Waals surface area contributed by atoms with Crippen molar-refractivity contribution in [3.05, 3.63) is 29.8 Å². The summed E-state index contributed by atoms with van der Waals surface area (Å²) in [7, 11) is -6.44. The van der Waals surface area contributed by atoms with Gasteiger partial charge in [0.25, 0.3) is 0 Å². The molecule has 32 heavy (non-hydrogen) atoms. The molecule has 0 fully saturated rings. The van der Waals surface area contributed by atoms with Crippen LogP contribution in [0, 0.1) is 0 Å². The van der Waals surface area contributed by atoms with Crippen molar-refractivity contribution in [3.63, 3.8) is 0 Å². The topological polar surface area (TPSA) is 112 Å². The molecule has 1 unspecified atom stereocenters. The van der Waals surface area contributed by atoms with E-state index in [1.165, 1.54) is 0 Å². The van der Waals surface area contributed by atoms with Crippen LogP contribution in [0.1, 0.15) is 39.2 Å². The highest BCUT2D eigenvalue weighted by molar-refractivity contribution is 7.90. The quantitative estimate of drug-likeness (QED) is 0.398. The molecule has 10 heteroatoms. The van der Waals surface area contributed by atoms with Crippen LogP contribution in [0.4, 0.5) is 5.69 Å². The van der Waals surface area contributed by atoms with Gasteiger partial charge in [-0.2, -0.15) is 0 Å². The normalized spacial score (nSPS) is 14.3. The highest BCUT2D eigenvalue weighted by Crippen LogP contribution is 2.34. The van der Waals surface area contributed by atoms with Gasteiger partial charge in [0, 0.05) is 31.3 Å². The van der Waals surface area contributed by atoms with Gasteiger partial charge >= 0.3 is 5.97 Å². The molecule has 0 saturated heterocycles. The number of carboxylic acids is 1. The molecule has 1 N–H and O–H groups in total. The second-order valence-electron chi connectivity index (χ2n) is 8.31. The molecule has 0 aliphatic heterocycles.